The zero-order chi connectivity index (χ0) is 16.4. The Morgan fingerprint density at radius 3 is 2.19 bits per heavy atom. The Morgan fingerprint density at radius 2 is 1.76 bits per heavy atom. The predicted octanol–water partition coefficient (Wildman–Crippen LogP) is 2.76. The molecule has 120 valence electrons. The van der Waals surface area contributed by atoms with Crippen molar-refractivity contribution >= 4 is 11.6 Å². The summed E-state index contributed by atoms with van der Waals surface area (Å²) in [4.78, 5) is 10.2. The van der Waals surface area contributed by atoms with Crippen molar-refractivity contribution in [2.45, 2.75) is 45.7 Å². The fourth-order valence-electron chi connectivity index (χ4n) is 1.75. The van der Waals surface area contributed by atoms with E-state index in [-0.39, 0.29) is 12.0 Å². The summed E-state index contributed by atoms with van der Waals surface area (Å²) in [6.07, 6.45) is -5.10. The van der Waals surface area contributed by atoms with Gasteiger partial charge in [-0.2, -0.15) is 13.2 Å². The van der Waals surface area contributed by atoms with Gasteiger partial charge in [-0.1, -0.05) is 20.8 Å². The van der Waals surface area contributed by atoms with Crippen molar-refractivity contribution in [3.05, 3.63) is 11.4 Å². The van der Waals surface area contributed by atoms with E-state index in [1.165, 1.54) is 4.90 Å². The van der Waals surface area contributed by atoms with E-state index in [9.17, 15) is 13.2 Å². The smallest absolute Gasteiger partial charge is 0.359 e. The van der Waals surface area contributed by atoms with Crippen LogP contribution in [0.25, 0.3) is 0 Å². The van der Waals surface area contributed by atoms with Crippen molar-refractivity contribution in [3.8, 4) is 0 Å². The summed E-state index contributed by atoms with van der Waals surface area (Å²) in [5.74, 6) is 6.83. The molecule has 0 aliphatic carbocycles. The van der Waals surface area contributed by atoms with Gasteiger partial charge < -0.3 is 10.3 Å². The molecule has 0 aliphatic heterocycles. The number of nitrogens with one attached hydrogen (secondary N) is 1. The minimum Gasteiger partial charge on any atom is -0.359 e. The number of nitrogens with zero attached hydrogens (tertiary/aromatic N) is 3. The highest BCUT2D eigenvalue weighted by Gasteiger charge is 2.28. The van der Waals surface area contributed by atoms with Gasteiger partial charge >= 0.3 is 6.18 Å². The molecule has 1 heterocycles. The summed E-state index contributed by atoms with van der Waals surface area (Å²) in [5.41, 5.74) is 2.76. The number of halogens is 3. The van der Waals surface area contributed by atoms with Crippen LogP contribution in [0.2, 0.25) is 0 Å². The Bertz CT molecular complexity index is 494. The van der Waals surface area contributed by atoms with Gasteiger partial charge in [-0.05, 0) is 6.92 Å². The minimum absolute atomic E-state index is 0.172. The van der Waals surface area contributed by atoms with Gasteiger partial charge in [0.05, 0.1) is 6.42 Å². The first kappa shape index (κ1) is 17.5. The predicted molar refractivity (Wildman–Crippen MR) is 77.2 cm³/mol. The second-order valence-corrected chi connectivity index (χ2v) is 6.03. The number of rotatable bonds is 4. The largest absolute Gasteiger partial charge is 0.390 e. The standard InChI is InChI=1S/C13H22F3N5/c1-8-9(20-17)18-11(12(2,3)4)19-10(8)21(5)7-6-13(14,15)16/h6-7,17H2,1-5H3,(H,18,19,20). The summed E-state index contributed by atoms with van der Waals surface area (Å²) in [5, 5.41) is 0. The number of nitrogens with two attached hydrogens (primary N) is 1. The highest BCUT2D eigenvalue weighted by Crippen LogP contribution is 2.28. The average molecular weight is 305 g/mol. The van der Waals surface area contributed by atoms with Crippen molar-refractivity contribution in [2.75, 3.05) is 23.9 Å². The van der Waals surface area contributed by atoms with Crippen LogP contribution in [0.4, 0.5) is 24.8 Å². The van der Waals surface area contributed by atoms with E-state index in [1.54, 1.807) is 14.0 Å². The SMILES string of the molecule is Cc1c(NN)nc(C(C)(C)C)nc1N(C)CCC(F)(F)F. The molecular weight excluding hydrogens is 283 g/mol. The maximum Gasteiger partial charge on any atom is 0.390 e. The summed E-state index contributed by atoms with van der Waals surface area (Å²) in [6, 6.07) is 0. The normalized spacial score (nSPS) is 12.4. The van der Waals surface area contributed by atoms with Crippen LogP contribution in [-0.4, -0.2) is 29.7 Å². The Hall–Kier alpha value is -1.57. The van der Waals surface area contributed by atoms with E-state index in [0.717, 1.165) is 0 Å². The third-order valence-corrected chi connectivity index (χ3v) is 3.02. The van der Waals surface area contributed by atoms with Crippen molar-refractivity contribution in [2.24, 2.45) is 5.84 Å². The minimum atomic E-state index is -4.20. The number of anilines is 2. The van der Waals surface area contributed by atoms with Crippen LogP contribution in [0, 0.1) is 6.92 Å². The summed E-state index contributed by atoms with van der Waals surface area (Å²) < 4.78 is 37.1. The number of alkyl halides is 3. The van der Waals surface area contributed by atoms with Crippen molar-refractivity contribution in [1.82, 2.24) is 9.97 Å². The zero-order valence-electron chi connectivity index (χ0n) is 13.0. The molecule has 0 saturated carbocycles. The summed E-state index contributed by atoms with van der Waals surface area (Å²) in [7, 11) is 1.58. The number of nitrogen functional groups attached to an aromatic ring is 1. The van der Waals surface area contributed by atoms with Crippen LogP contribution < -0.4 is 16.2 Å². The molecule has 0 aromatic carbocycles. The molecule has 0 atom stereocenters. The first-order chi connectivity index (χ1) is 9.45. The Kier molecular flexibility index (Phi) is 5.03. The third kappa shape index (κ3) is 4.73. The monoisotopic (exact) mass is 305 g/mol. The lowest BCUT2D eigenvalue weighted by atomic mass is 9.95. The molecule has 0 bridgehead atoms. The highest BCUT2D eigenvalue weighted by atomic mass is 19.4. The molecule has 0 unspecified atom stereocenters. The van der Waals surface area contributed by atoms with Crippen LogP contribution in [0.5, 0.6) is 0 Å². The topological polar surface area (TPSA) is 67.1 Å². The second-order valence-electron chi connectivity index (χ2n) is 6.03. The molecule has 0 aliphatic rings. The Balaban J connectivity index is 3.15. The molecule has 8 heteroatoms. The average Bonchev–Trinajstić information content (AvgIpc) is 2.34. The zero-order valence-corrected chi connectivity index (χ0v) is 13.0. The van der Waals surface area contributed by atoms with Crippen LogP contribution >= 0.6 is 0 Å². The Morgan fingerprint density at radius 1 is 1.19 bits per heavy atom. The molecule has 1 aromatic heterocycles. The van der Waals surface area contributed by atoms with E-state index >= 15 is 0 Å². The van der Waals surface area contributed by atoms with Gasteiger partial charge in [0.25, 0.3) is 0 Å². The third-order valence-electron chi connectivity index (χ3n) is 3.02. The van der Waals surface area contributed by atoms with E-state index in [2.05, 4.69) is 15.4 Å². The molecular formula is C13H22F3N5. The summed E-state index contributed by atoms with van der Waals surface area (Å²) >= 11 is 0. The van der Waals surface area contributed by atoms with Gasteiger partial charge in [-0.3, -0.25) is 0 Å². The lowest BCUT2D eigenvalue weighted by molar-refractivity contribution is -0.132. The maximum atomic E-state index is 12.4. The molecule has 1 aromatic rings. The lowest BCUT2D eigenvalue weighted by Crippen LogP contribution is -2.28. The van der Waals surface area contributed by atoms with Gasteiger partial charge in [-0.25, -0.2) is 15.8 Å². The molecule has 1 rings (SSSR count). The molecule has 3 N–H and O–H groups in total. The van der Waals surface area contributed by atoms with Gasteiger partial charge in [-0.15, -0.1) is 0 Å². The van der Waals surface area contributed by atoms with Crippen molar-refractivity contribution in [1.29, 1.82) is 0 Å². The number of aromatic nitrogens is 2. The van der Waals surface area contributed by atoms with E-state index in [1.807, 2.05) is 20.8 Å². The molecule has 0 fully saturated rings. The molecule has 0 spiro atoms. The molecule has 21 heavy (non-hydrogen) atoms. The molecule has 0 saturated heterocycles. The fourth-order valence-corrected chi connectivity index (χ4v) is 1.75. The maximum absolute atomic E-state index is 12.4. The first-order valence-corrected chi connectivity index (χ1v) is 6.59. The quantitative estimate of drug-likeness (QED) is 0.661. The first-order valence-electron chi connectivity index (χ1n) is 6.59. The van der Waals surface area contributed by atoms with Crippen LogP contribution in [0.3, 0.4) is 0 Å². The van der Waals surface area contributed by atoms with Gasteiger partial charge in [0, 0.05) is 24.6 Å². The lowest BCUT2D eigenvalue weighted by Gasteiger charge is -2.25. The summed E-state index contributed by atoms with van der Waals surface area (Å²) in [6.45, 7) is 7.34. The number of hydrogen-bond donors (Lipinski definition) is 2. The molecule has 0 amide bonds. The fraction of sp³-hybridized carbons (Fsp3) is 0.692. The van der Waals surface area contributed by atoms with E-state index < -0.39 is 12.6 Å². The molecule has 5 nitrogen and oxygen atoms in total. The Labute approximate surface area is 122 Å². The van der Waals surface area contributed by atoms with E-state index in [4.69, 9.17) is 5.84 Å². The van der Waals surface area contributed by atoms with Gasteiger partial charge in [0.2, 0.25) is 0 Å². The van der Waals surface area contributed by atoms with E-state index in [0.29, 0.717) is 23.0 Å². The van der Waals surface area contributed by atoms with Gasteiger partial charge in [0.1, 0.15) is 17.5 Å². The van der Waals surface area contributed by atoms with Crippen LogP contribution in [0.1, 0.15) is 38.6 Å². The number of hydrogen-bond acceptors (Lipinski definition) is 5. The van der Waals surface area contributed by atoms with Crippen molar-refractivity contribution in [3.63, 3.8) is 0 Å². The van der Waals surface area contributed by atoms with Crippen LogP contribution in [-0.2, 0) is 5.41 Å². The highest BCUT2D eigenvalue weighted by molar-refractivity contribution is 5.58. The second kappa shape index (κ2) is 6.05. The van der Waals surface area contributed by atoms with Gasteiger partial charge in [0.15, 0.2) is 0 Å². The van der Waals surface area contributed by atoms with Crippen molar-refractivity contribution < 1.29 is 13.2 Å². The number of hydrazine groups is 1. The van der Waals surface area contributed by atoms with Crippen LogP contribution in [0.15, 0.2) is 0 Å². The molecule has 0 radical (unpaired) electrons.